The van der Waals surface area contributed by atoms with E-state index in [1.807, 2.05) is 6.07 Å². The van der Waals surface area contributed by atoms with Gasteiger partial charge in [0.2, 0.25) is 0 Å². The zero-order valence-electron chi connectivity index (χ0n) is 9.82. The van der Waals surface area contributed by atoms with Crippen molar-refractivity contribution in [3.8, 4) is 0 Å². The van der Waals surface area contributed by atoms with E-state index in [9.17, 15) is 0 Å². The topological polar surface area (TPSA) is 49.5 Å². The van der Waals surface area contributed by atoms with Crippen molar-refractivity contribution in [2.75, 3.05) is 25.4 Å². The van der Waals surface area contributed by atoms with Gasteiger partial charge in [-0.05, 0) is 35.6 Å². The number of aliphatic hydroxyl groups is 1. The third-order valence-corrected chi connectivity index (χ3v) is 3.20. The lowest BCUT2D eigenvalue weighted by Crippen LogP contribution is -2.34. The molecule has 0 bridgehead atoms. The second-order valence-corrected chi connectivity index (χ2v) is 4.80. The Labute approximate surface area is 96.9 Å². The second kappa shape index (κ2) is 4.85. The van der Waals surface area contributed by atoms with Gasteiger partial charge < -0.3 is 10.8 Å². The first kappa shape index (κ1) is 11.4. The maximum atomic E-state index is 9.06. The minimum atomic E-state index is 0.264. The van der Waals surface area contributed by atoms with Crippen LogP contribution in [0.1, 0.15) is 18.1 Å². The molecule has 1 aromatic rings. The zero-order valence-corrected chi connectivity index (χ0v) is 9.82. The van der Waals surface area contributed by atoms with Crippen molar-refractivity contribution in [1.82, 2.24) is 4.90 Å². The second-order valence-electron chi connectivity index (χ2n) is 4.80. The van der Waals surface area contributed by atoms with Gasteiger partial charge in [-0.2, -0.15) is 0 Å². The van der Waals surface area contributed by atoms with Gasteiger partial charge in [0.05, 0.1) is 0 Å². The highest BCUT2D eigenvalue weighted by Gasteiger charge is 2.17. The Morgan fingerprint density at radius 1 is 1.44 bits per heavy atom. The largest absolute Gasteiger partial charge is 0.399 e. The molecule has 0 saturated carbocycles. The van der Waals surface area contributed by atoms with E-state index in [0.29, 0.717) is 5.92 Å². The number of benzene rings is 1. The molecule has 0 amide bonds. The Morgan fingerprint density at radius 2 is 2.25 bits per heavy atom. The molecule has 3 heteroatoms. The molecular weight excluding hydrogens is 200 g/mol. The number of fused-ring (bicyclic) bond motifs is 1. The van der Waals surface area contributed by atoms with E-state index >= 15 is 0 Å². The number of nitrogens with zero attached hydrogens (tertiary/aromatic N) is 1. The molecule has 0 aliphatic carbocycles. The monoisotopic (exact) mass is 220 g/mol. The van der Waals surface area contributed by atoms with E-state index in [-0.39, 0.29) is 6.61 Å². The van der Waals surface area contributed by atoms with Crippen molar-refractivity contribution in [1.29, 1.82) is 0 Å². The van der Waals surface area contributed by atoms with Crippen molar-refractivity contribution < 1.29 is 5.11 Å². The Bertz CT molecular complexity index is 365. The number of hydrogen-bond donors (Lipinski definition) is 2. The molecule has 88 valence electrons. The Hall–Kier alpha value is -1.06. The molecule has 1 unspecified atom stereocenters. The van der Waals surface area contributed by atoms with Crippen LogP contribution in [0, 0.1) is 5.92 Å². The number of nitrogens with two attached hydrogens (primary N) is 1. The number of hydrogen-bond acceptors (Lipinski definition) is 3. The van der Waals surface area contributed by atoms with Gasteiger partial charge in [-0.3, -0.25) is 4.90 Å². The molecule has 3 N–H and O–H groups in total. The van der Waals surface area contributed by atoms with Gasteiger partial charge in [0.1, 0.15) is 0 Å². The molecule has 0 saturated heterocycles. The molecule has 16 heavy (non-hydrogen) atoms. The van der Waals surface area contributed by atoms with Crippen LogP contribution in [0.3, 0.4) is 0 Å². The van der Waals surface area contributed by atoms with Crippen LogP contribution < -0.4 is 5.73 Å². The lowest BCUT2D eigenvalue weighted by atomic mass is 9.98. The molecule has 1 heterocycles. The number of nitrogen functional groups attached to an aromatic ring is 1. The average Bonchev–Trinajstić information content (AvgIpc) is 2.28. The van der Waals surface area contributed by atoms with Gasteiger partial charge in [-0.15, -0.1) is 0 Å². The third-order valence-electron chi connectivity index (χ3n) is 3.20. The maximum absolute atomic E-state index is 9.06. The number of anilines is 1. The Morgan fingerprint density at radius 3 is 3.00 bits per heavy atom. The normalized spacial score (nSPS) is 18.1. The highest BCUT2D eigenvalue weighted by atomic mass is 16.3. The van der Waals surface area contributed by atoms with E-state index in [0.717, 1.165) is 31.7 Å². The van der Waals surface area contributed by atoms with Crippen molar-refractivity contribution in [2.24, 2.45) is 5.92 Å². The Balaban J connectivity index is 2.05. The van der Waals surface area contributed by atoms with Crippen molar-refractivity contribution in [3.63, 3.8) is 0 Å². The van der Waals surface area contributed by atoms with Crippen LogP contribution in [0.15, 0.2) is 18.2 Å². The molecule has 1 atom stereocenters. The first-order valence-corrected chi connectivity index (χ1v) is 5.89. The van der Waals surface area contributed by atoms with Crippen molar-refractivity contribution in [3.05, 3.63) is 29.3 Å². The smallest absolute Gasteiger partial charge is 0.0468 e. The number of aliphatic hydroxyl groups excluding tert-OH is 1. The standard InChI is InChI=1S/C13H20N2O/c1-10(9-16)7-15-5-4-11-2-3-13(14)6-12(11)8-15/h2-3,6,10,16H,4-5,7-9,14H2,1H3. The molecule has 0 spiro atoms. The van der Waals surface area contributed by atoms with Crippen LogP contribution in [0.4, 0.5) is 5.69 Å². The molecule has 1 aliphatic rings. The molecule has 1 aromatic carbocycles. The van der Waals surface area contributed by atoms with E-state index in [2.05, 4.69) is 24.0 Å². The van der Waals surface area contributed by atoms with Gasteiger partial charge in [0.15, 0.2) is 0 Å². The van der Waals surface area contributed by atoms with Crippen LogP contribution in [0.5, 0.6) is 0 Å². The van der Waals surface area contributed by atoms with Crippen LogP contribution in [0.25, 0.3) is 0 Å². The fourth-order valence-corrected chi connectivity index (χ4v) is 2.29. The summed E-state index contributed by atoms with van der Waals surface area (Å²) in [5.41, 5.74) is 9.40. The molecular formula is C13H20N2O. The van der Waals surface area contributed by atoms with E-state index < -0.39 is 0 Å². The highest BCUT2D eigenvalue weighted by Crippen LogP contribution is 2.21. The Kier molecular flexibility index (Phi) is 3.46. The summed E-state index contributed by atoms with van der Waals surface area (Å²) in [6.45, 7) is 5.35. The predicted molar refractivity (Wildman–Crippen MR) is 66.1 cm³/mol. The minimum Gasteiger partial charge on any atom is -0.399 e. The summed E-state index contributed by atoms with van der Waals surface area (Å²) in [5, 5.41) is 9.06. The summed E-state index contributed by atoms with van der Waals surface area (Å²) in [7, 11) is 0. The lowest BCUT2D eigenvalue weighted by molar-refractivity contribution is 0.164. The zero-order chi connectivity index (χ0) is 11.5. The first-order chi connectivity index (χ1) is 7.69. The number of rotatable bonds is 3. The first-order valence-electron chi connectivity index (χ1n) is 5.89. The summed E-state index contributed by atoms with van der Waals surface area (Å²) >= 11 is 0. The summed E-state index contributed by atoms with van der Waals surface area (Å²) < 4.78 is 0. The van der Waals surface area contributed by atoms with Gasteiger partial charge in [-0.1, -0.05) is 13.0 Å². The molecule has 3 nitrogen and oxygen atoms in total. The molecule has 0 radical (unpaired) electrons. The summed E-state index contributed by atoms with van der Waals surface area (Å²) in [4.78, 5) is 2.39. The van der Waals surface area contributed by atoms with Crippen LogP contribution in [0.2, 0.25) is 0 Å². The quantitative estimate of drug-likeness (QED) is 0.754. The fraction of sp³-hybridized carbons (Fsp3) is 0.538. The summed E-state index contributed by atoms with van der Waals surface area (Å²) in [5.74, 6) is 0.350. The minimum absolute atomic E-state index is 0.264. The van der Waals surface area contributed by atoms with E-state index in [4.69, 9.17) is 10.8 Å². The van der Waals surface area contributed by atoms with Crippen LogP contribution in [-0.2, 0) is 13.0 Å². The van der Waals surface area contributed by atoms with Gasteiger partial charge >= 0.3 is 0 Å². The SMILES string of the molecule is CC(CO)CN1CCc2ccc(N)cc2C1. The average molecular weight is 220 g/mol. The van der Waals surface area contributed by atoms with Gasteiger partial charge in [0.25, 0.3) is 0 Å². The van der Waals surface area contributed by atoms with Crippen molar-refractivity contribution in [2.45, 2.75) is 19.9 Å². The van der Waals surface area contributed by atoms with Crippen LogP contribution >= 0.6 is 0 Å². The fourth-order valence-electron chi connectivity index (χ4n) is 2.29. The van der Waals surface area contributed by atoms with Gasteiger partial charge in [-0.25, -0.2) is 0 Å². The third kappa shape index (κ3) is 2.54. The molecule has 0 fully saturated rings. The van der Waals surface area contributed by atoms with Gasteiger partial charge in [0, 0.05) is 31.9 Å². The predicted octanol–water partition coefficient (Wildman–Crippen LogP) is 1.26. The van der Waals surface area contributed by atoms with E-state index in [1.165, 1.54) is 11.1 Å². The van der Waals surface area contributed by atoms with Crippen LogP contribution in [-0.4, -0.2) is 29.7 Å². The molecule has 2 rings (SSSR count). The molecule has 1 aliphatic heterocycles. The highest BCUT2D eigenvalue weighted by molar-refractivity contribution is 5.45. The van der Waals surface area contributed by atoms with E-state index in [1.54, 1.807) is 0 Å². The maximum Gasteiger partial charge on any atom is 0.0468 e. The lowest BCUT2D eigenvalue weighted by Gasteiger charge is -2.30. The molecule has 0 aromatic heterocycles. The summed E-state index contributed by atoms with van der Waals surface area (Å²) in [6.07, 6.45) is 1.09. The summed E-state index contributed by atoms with van der Waals surface area (Å²) in [6, 6.07) is 6.19. The van der Waals surface area contributed by atoms with Crippen molar-refractivity contribution >= 4 is 5.69 Å².